The molecule has 12 atom stereocenters. The average molecular weight is 647 g/mol. The Bertz CT molecular complexity index is 1320. The van der Waals surface area contributed by atoms with Crippen LogP contribution in [0.2, 0.25) is 0 Å². The number of nitrogens with two attached hydrogens (primary N) is 1. The molecule has 9 N–H and O–H groups in total. The summed E-state index contributed by atoms with van der Waals surface area (Å²) >= 11 is 0. The van der Waals surface area contributed by atoms with Crippen LogP contribution in [-0.4, -0.2) is 137 Å². The largest absolute Gasteiger partial charge is 0.483 e. The molecule has 0 saturated carbocycles. The zero-order valence-corrected chi connectivity index (χ0v) is 23.7. The number of rotatable bonds is 12. The maximum atomic E-state index is 12.6. The summed E-state index contributed by atoms with van der Waals surface area (Å²) < 4.78 is 62.1. The topological polar surface area (TPSA) is 310 Å². The zero-order valence-electron chi connectivity index (χ0n) is 21.9. The summed E-state index contributed by atoms with van der Waals surface area (Å²) in [7, 11) is -8.36. The molecule has 0 radical (unpaired) electrons. The van der Waals surface area contributed by atoms with Crippen LogP contribution in [0.3, 0.4) is 0 Å². The van der Waals surface area contributed by atoms with E-state index in [9.17, 15) is 39.3 Å². The monoisotopic (exact) mass is 647 g/mol. The highest BCUT2D eigenvalue weighted by molar-refractivity contribution is 7.61. The highest BCUT2D eigenvalue weighted by Crippen LogP contribution is 2.61. The SMILES string of the molecule is COC1[C@@H](OC)[C@@H](COP(=O)(O)OP(=O)(O)O[C@@H]2OC([C@H](O)CO)[C@@H](O)C(O)[C@H]2O)O[C@H]1n1cnc2c(N)ncnc21. The molecule has 2 fully saturated rings. The minimum Gasteiger partial charge on any atom is -0.394 e. The minimum atomic E-state index is -5.61. The molecule has 2 aliphatic rings. The third-order valence-electron chi connectivity index (χ3n) is 6.51. The van der Waals surface area contributed by atoms with Crippen LogP contribution < -0.4 is 5.73 Å². The molecular weight excluding hydrogens is 616 g/mol. The summed E-state index contributed by atoms with van der Waals surface area (Å²) in [4.78, 5) is 32.4. The number of methoxy groups -OCH3 is 2. The van der Waals surface area contributed by atoms with Crippen molar-refractivity contribution < 1.29 is 76.8 Å². The maximum absolute atomic E-state index is 12.6. The van der Waals surface area contributed by atoms with Crippen LogP contribution in [0.1, 0.15) is 6.23 Å². The Morgan fingerprint density at radius 2 is 1.71 bits per heavy atom. The van der Waals surface area contributed by atoms with Gasteiger partial charge in [-0.05, 0) is 0 Å². The van der Waals surface area contributed by atoms with E-state index in [0.717, 1.165) is 0 Å². The number of fused-ring (bicyclic) bond motifs is 1. The summed E-state index contributed by atoms with van der Waals surface area (Å²) in [5.74, 6) is 0.111. The number of anilines is 1. The van der Waals surface area contributed by atoms with Gasteiger partial charge in [0.1, 0.15) is 60.7 Å². The van der Waals surface area contributed by atoms with E-state index in [1.807, 2.05) is 0 Å². The second kappa shape index (κ2) is 13.1. The first-order valence-corrected chi connectivity index (χ1v) is 15.0. The fourth-order valence-corrected chi connectivity index (χ4v) is 6.67. The first-order chi connectivity index (χ1) is 19.7. The molecule has 0 aromatic carbocycles. The third-order valence-corrected chi connectivity index (χ3v) is 9.11. The maximum Gasteiger partial charge on any atom is 0.483 e. The van der Waals surface area contributed by atoms with Gasteiger partial charge in [0.05, 0.1) is 19.5 Å². The number of imidazole rings is 1. The molecule has 42 heavy (non-hydrogen) atoms. The van der Waals surface area contributed by atoms with E-state index in [-0.39, 0.29) is 11.3 Å². The number of hydrogen-bond acceptors (Lipinski definition) is 18. The first-order valence-electron chi connectivity index (χ1n) is 12.1. The normalized spacial score (nSPS) is 35.6. The van der Waals surface area contributed by atoms with Gasteiger partial charge >= 0.3 is 15.6 Å². The molecule has 21 nitrogen and oxygen atoms in total. The van der Waals surface area contributed by atoms with Gasteiger partial charge in [-0.15, -0.1) is 0 Å². The quantitative estimate of drug-likeness (QED) is 0.105. The van der Waals surface area contributed by atoms with Crippen LogP contribution in [0, 0.1) is 0 Å². The molecule has 4 heterocycles. The number of aliphatic hydroxyl groups is 5. The number of hydrogen-bond donors (Lipinski definition) is 8. The predicted molar refractivity (Wildman–Crippen MR) is 133 cm³/mol. The minimum absolute atomic E-state index is 0.111. The summed E-state index contributed by atoms with van der Waals surface area (Å²) in [5.41, 5.74) is 6.40. The summed E-state index contributed by atoms with van der Waals surface area (Å²) in [6.45, 7) is -1.70. The van der Waals surface area contributed by atoms with Crippen molar-refractivity contribution in [3.63, 3.8) is 0 Å². The second-order valence-corrected chi connectivity index (χ2v) is 12.2. The molecule has 0 bridgehead atoms. The average Bonchev–Trinajstić information content (AvgIpc) is 3.52. The molecule has 0 spiro atoms. The highest BCUT2D eigenvalue weighted by atomic mass is 31.3. The Labute approximate surface area is 236 Å². The van der Waals surface area contributed by atoms with Crippen molar-refractivity contribution in [2.75, 3.05) is 33.2 Å². The van der Waals surface area contributed by atoms with Gasteiger partial charge < -0.3 is 60.0 Å². The summed E-state index contributed by atoms with van der Waals surface area (Å²) in [6.07, 6.45) is -13.3. The molecule has 2 aliphatic heterocycles. The predicted octanol–water partition coefficient (Wildman–Crippen LogP) is -3.25. The Morgan fingerprint density at radius 1 is 1.02 bits per heavy atom. The van der Waals surface area contributed by atoms with Gasteiger partial charge in [0, 0.05) is 14.2 Å². The fourth-order valence-electron chi connectivity index (χ4n) is 4.51. The van der Waals surface area contributed by atoms with E-state index in [0.29, 0.717) is 5.65 Å². The lowest BCUT2D eigenvalue weighted by Crippen LogP contribution is -2.61. The molecule has 2 aromatic heterocycles. The second-order valence-electron chi connectivity index (χ2n) is 9.16. The summed E-state index contributed by atoms with van der Waals surface area (Å²) in [6, 6.07) is 0. The standard InChI is InChI=1S/C19H31N5O16P2/c1-34-14-8(37-18(15(14)35-2)24-6-23-9-16(20)21-5-22-17(9)24)4-36-41(30,31)40-42(32,33)39-19-12(29)10(27)11(28)13(38-19)7(26)3-25/h5-8,10-15,18-19,25-29H,3-4H2,1-2H3,(H,30,31)(H,32,33)(H2,20,21,22)/t7-,8-,10?,11+,12-,13?,14+,15?,18-,19+/m1/s1. The molecule has 4 rings (SSSR count). The Balaban J connectivity index is 1.43. The van der Waals surface area contributed by atoms with Crippen LogP contribution in [0.5, 0.6) is 0 Å². The molecule has 5 unspecified atom stereocenters. The number of nitrogens with zero attached hydrogens (tertiary/aromatic N) is 4. The van der Waals surface area contributed by atoms with Crippen LogP contribution in [0.4, 0.5) is 5.82 Å². The molecule has 2 aromatic rings. The molecule has 2 saturated heterocycles. The highest BCUT2D eigenvalue weighted by Gasteiger charge is 2.51. The molecule has 23 heteroatoms. The van der Waals surface area contributed by atoms with Crippen molar-refractivity contribution in [3.8, 4) is 0 Å². The van der Waals surface area contributed by atoms with E-state index in [4.69, 9.17) is 34.3 Å². The Morgan fingerprint density at radius 3 is 2.36 bits per heavy atom. The van der Waals surface area contributed by atoms with Crippen molar-refractivity contribution >= 4 is 32.6 Å². The van der Waals surface area contributed by atoms with Crippen LogP contribution in [-0.2, 0) is 41.4 Å². The van der Waals surface area contributed by atoms with E-state index in [1.165, 1.54) is 31.4 Å². The lowest BCUT2D eigenvalue weighted by atomic mass is 9.96. The number of aliphatic hydroxyl groups excluding tert-OH is 5. The van der Waals surface area contributed by atoms with E-state index in [1.54, 1.807) is 0 Å². The van der Waals surface area contributed by atoms with Gasteiger partial charge in [0.25, 0.3) is 0 Å². The van der Waals surface area contributed by atoms with Gasteiger partial charge in [0.2, 0.25) is 0 Å². The number of phosphoric acid groups is 2. The zero-order chi connectivity index (χ0) is 31.0. The molecule has 0 aliphatic carbocycles. The van der Waals surface area contributed by atoms with Gasteiger partial charge in [-0.3, -0.25) is 13.6 Å². The number of ether oxygens (including phenoxy) is 4. The van der Waals surface area contributed by atoms with E-state index in [2.05, 4.69) is 23.8 Å². The number of phosphoric ester groups is 2. The molecule has 238 valence electrons. The van der Waals surface area contributed by atoms with Crippen molar-refractivity contribution in [1.29, 1.82) is 0 Å². The fraction of sp³-hybridized carbons (Fsp3) is 0.737. The van der Waals surface area contributed by atoms with Gasteiger partial charge in [-0.2, -0.15) is 4.31 Å². The van der Waals surface area contributed by atoms with Crippen LogP contribution in [0.25, 0.3) is 11.2 Å². The van der Waals surface area contributed by atoms with E-state index >= 15 is 0 Å². The molecule has 0 amide bonds. The smallest absolute Gasteiger partial charge is 0.394 e. The van der Waals surface area contributed by atoms with Gasteiger partial charge in [-0.1, -0.05) is 0 Å². The summed E-state index contributed by atoms with van der Waals surface area (Å²) in [5, 5.41) is 48.8. The lowest BCUT2D eigenvalue weighted by molar-refractivity contribution is -0.292. The Kier molecular flexibility index (Phi) is 10.3. The molecular formula is C19H31N5O16P2. The van der Waals surface area contributed by atoms with E-state index < -0.39 is 90.2 Å². The number of nitrogen functional groups attached to an aromatic ring is 1. The van der Waals surface area contributed by atoms with Crippen molar-refractivity contribution in [2.45, 2.75) is 61.3 Å². The lowest BCUT2D eigenvalue weighted by Gasteiger charge is -2.41. The van der Waals surface area contributed by atoms with Crippen LogP contribution >= 0.6 is 15.6 Å². The van der Waals surface area contributed by atoms with Crippen molar-refractivity contribution in [2.24, 2.45) is 0 Å². The van der Waals surface area contributed by atoms with Crippen molar-refractivity contribution in [3.05, 3.63) is 12.7 Å². The van der Waals surface area contributed by atoms with Gasteiger partial charge in [0.15, 0.2) is 24.0 Å². The Hall–Kier alpha value is -1.75. The first kappa shape index (κ1) is 33.1. The third kappa shape index (κ3) is 6.81. The van der Waals surface area contributed by atoms with Crippen LogP contribution in [0.15, 0.2) is 12.7 Å². The van der Waals surface area contributed by atoms with Gasteiger partial charge in [-0.25, -0.2) is 24.1 Å². The number of aromatic nitrogens is 4. The van der Waals surface area contributed by atoms with Crippen molar-refractivity contribution in [1.82, 2.24) is 19.5 Å².